The van der Waals surface area contributed by atoms with E-state index < -0.39 is 0 Å². The zero-order chi connectivity index (χ0) is 12.3. The highest BCUT2D eigenvalue weighted by Gasteiger charge is 2.11. The standard InChI is InChI=1S/C14H17NO2/c1-10(15)12-7-6-11-4-2-3-5-13(11)14(12)17-9-8-16/h2-7,10,16H,8-9,15H2,1H3/t10-/m0/s1. The molecule has 0 unspecified atom stereocenters. The monoisotopic (exact) mass is 231 g/mol. The third-order valence-electron chi connectivity index (χ3n) is 2.74. The topological polar surface area (TPSA) is 55.5 Å². The van der Waals surface area contributed by atoms with Crippen molar-refractivity contribution in [2.24, 2.45) is 5.73 Å². The van der Waals surface area contributed by atoms with E-state index in [0.29, 0.717) is 0 Å². The summed E-state index contributed by atoms with van der Waals surface area (Å²) in [5, 5.41) is 11.0. The molecule has 0 heterocycles. The lowest BCUT2D eigenvalue weighted by Gasteiger charge is -2.16. The minimum Gasteiger partial charge on any atom is -0.490 e. The van der Waals surface area contributed by atoms with E-state index in [4.69, 9.17) is 15.6 Å². The second-order valence-corrected chi connectivity index (χ2v) is 4.07. The summed E-state index contributed by atoms with van der Waals surface area (Å²) in [5.74, 6) is 0.784. The minimum atomic E-state index is -0.0895. The molecule has 0 bridgehead atoms. The van der Waals surface area contributed by atoms with Crippen LogP contribution in [0.5, 0.6) is 5.75 Å². The van der Waals surface area contributed by atoms with Crippen LogP contribution in [-0.4, -0.2) is 18.3 Å². The summed E-state index contributed by atoms with van der Waals surface area (Å²) in [5.41, 5.74) is 6.90. The number of hydrogen-bond donors (Lipinski definition) is 2. The van der Waals surface area contributed by atoms with Gasteiger partial charge in [0.1, 0.15) is 12.4 Å². The number of rotatable bonds is 4. The fraction of sp³-hybridized carbons (Fsp3) is 0.286. The number of aliphatic hydroxyl groups excluding tert-OH is 1. The molecule has 90 valence electrons. The molecule has 0 saturated carbocycles. The number of aliphatic hydroxyl groups is 1. The van der Waals surface area contributed by atoms with Crippen molar-refractivity contribution in [2.75, 3.05) is 13.2 Å². The van der Waals surface area contributed by atoms with E-state index in [2.05, 4.69) is 0 Å². The first-order valence-electron chi connectivity index (χ1n) is 5.75. The summed E-state index contributed by atoms with van der Waals surface area (Å²) >= 11 is 0. The molecular weight excluding hydrogens is 214 g/mol. The van der Waals surface area contributed by atoms with Gasteiger partial charge in [0.2, 0.25) is 0 Å². The Kier molecular flexibility index (Phi) is 3.61. The van der Waals surface area contributed by atoms with Crippen molar-refractivity contribution in [1.29, 1.82) is 0 Å². The highest BCUT2D eigenvalue weighted by Crippen LogP contribution is 2.32. The minimum absolute atomic E-state index is 0.00160. The number of ether oxygens (including phenoxy) is 1. The van der Waals surface area contributed by atoms with Crippen LogP contribution < -0.4 is 10.5 Å². The van der Waals surface area contributed by atoms with Crippen molar-refractivity contribution in [3.05, 3.63) is 42.0 Å². The van der Waals surface area contributed by atoms with Crippen LogP contribution >= 0.6 is 0 Å². The molecule has 0 radical (unpaired) electrons. The quantitative estimate of drug-likeness (QED) is 0.848. The maximum absolute atomic E-state index is 8.87. The van der Waals surface area contributed by atoms with Crippen molar-refractivity contribution in [2.45, 2.75) is 13.0 Å². The van der Waals surface area contributed by atoms with Gasteiger partial charge in [-0.25, -0.2) is 0 Å². The molecule has 0 aliphatic heterocycles. The largest absolute Gasteiger partial charge is 0.490 e. The van der Waals surface area contributed by atoms with E-state index in [9.17, 15) is 0 Å². The molecule has 0 spiro atoms. The van der Waals surface area contributed by atoms with E-state index >= 15 is 0 Å². The molecule has 0 aliphatic carbocycles. The number of benzene rings is 2. The predicted molar refractivity (Wildman–Crippen MR) is 69.1 cm³/mol. The average molecular weight is 231 g/mol. The van der Waals surface area contributed by atoms with Gasteiger partial charge in [0.15, 0.2) is 0 Å². The van der Waals surface area contributed by atoms with Crippen LogP contribution in [-0.2, 0) is 0 Å². The summed E-state index contributed by atoms with van der Waals surface area (Å²) in [7, 11) is 0. The van der Waals surface area contributed by atoms with Gasteiger partial charge in [-0.1, -0.05) is 36.4 Å². The number of hydrogen-bond acceptors (Lipinski definition) is 3. The predicted octanol–water partition coefficient (Wildman–Crippen LogP) is 2.23. The Hall–Kier alpha value is -1.58. The molecule has 0 aromatic heterocycles. The number of nitrogens with two attached hydrogens (primary N) is 1. The van der Waals surface area contributed by atoms with E-state index in [-0.39, 0.29) is 19.3 Å². The van der Waals surface area contributed by atoms with Crippen molar-refractivity contribution < 1.29 is 9.84 Å². The first-order chi connectivity index (χ1) is 8.24. The maximum atomic E-state index is 8.87. The van der Waals surface area contributed by atoms with Gasteiger partial charge in [-0.2, -0.15) is 0 Å². The highest BCUT2D eigenvalue weighted by atomic mass is 16.5. The van der Waals surface area contributed by atoms with Crippen LogP contribution in [0.15, 0.2) is 36.4 Å². The summed E-state index contributed by atoms with van der Waals surface area (Å²) in [6.07, 6.45) is 0. The van der Waals surface area contributed by atoms with Gasteiger partial charge in [-0.15, -0.1) is 0 Å². The van der Waals surface area contributed by atoms with E-state index in [0.717, 1.165) is 22.1 Å². The Bertz CT molecular complexity index is 509. The smallest absolute Gasteiger partial charge is 0.131 e. The average Bonchev–Trinajstić information content (AvgIpc) is 2.35. The van der Waals surface area contributed by atoms with Crippen LogP contribution in [0.4, 0.5) is 0 Å². The molecule has 0 fully saturated rings. The van der Waals surface area contributed by atoms with Crippen molar-refractivity contribution >= 4 is 10.8 Å². The zero-order valence-electron chi connectivity index (χ0n) is 9.89. The van der Waals surface area contributed by atoms with Crippen LogP contribution in [0.3, 0.4) is 0 Å². The lowest BCUT2D eigenvalue weighted by atomic mass is 10.0. The molecule has 17 heavy (non-hydrogen) atoms. The van der Waals surface area contributed by atoms with Crippen molar-refractivity contribution in [1.82, 2.24) is 0 Å². The normalized spacial score (nSPS) is 12.6. The summed E-state index contributed by atoms with van der Waals surface area (Å²) < 4.78 is 5.63. The van der Waals surface area contributed by atoms with Crippen molar-refractivity contribution in [3.8, 4) is 5.75 Å². The lowest BCUT2D eigenvalue weighted by Crippen LogP contribution is -2.10. The first kappa shape index (κ1) is 11.9. The molecule has 2 rings (SSSR count). The maximum Gasteiger partial charge on any atom is 0.131 e. The van der Waals surface area contributed by atoms with Gasteiger partial charge >= 0.3 is 0 Å². The van der Waals surface area contributed by atoms with Crippen molar-refractivity contribution in [3.63, 3.8) is 0 Å². The third-order valence-corrected chi connectivity index (χ3v) is 2.74. The Morgan fingerprint density at radius 2 is 2.00 bits per heavy atom. The van der Waals surface area contributed by atoms with E-state index in [1.807, 2.05) is 43.3 Å². The Labute approximate surface area is 101 Å². The second kappa shape index (κ2) is 5.17. The van der Waals surface area contributed by atoms with Crippen LogP contribution in [0.2, 0.25) is 0 Å². The third kappa shape index (κ3) is 2.40. The lowest BCUT2D eigenvalue weighted by molar-refractivity contribution is 0.201. The SMILES string of the molecule is C[C@H](N)c1ccc2ccccc2c1OCCO. The summed E-state index contributed by atoms with van der Waals surface area (Å²) in [4.78, 5) is 0. The van der Waals surface area contributed by atoms with E-state index in [1.54, 1.807) is 0 Å². The zero-order valence-corrected chi connectivity index (χ0v) is 9.89. The first-order valence-corrected chi connectivity index (χ1v) is 5.75. The van der Waals surface area contributed by atoms with Gasteiger partial charge < -0.3 is 15.6 Å². The number of fused-ring (bicyclic) bond motifs is 1. The molecule has 0 amide bonds. The highest BCUT2D eigenvalue weighted by molar-refractivity contribution is 5.89. The Morgan fingerprint density at radius 1 is 1.24 bits per heavy atom. The fourth-order valence-corrected chi connectivity index (χ4v) is 1.93. The molecule has 3 heteroatoms. The molecular formula is C14H17NO2. The van der Waals surface area contributed by atoms with Gasteiger partial charge in [0.25, 0.3) is 0 Å². The molecule has 1 atom stereocenters. The molecule has 2 aromatic carbocycles. The van der Waals surface area contributed by atoms with Gasteiger partial charge in [0.05, 0.1) is 6.61 Å². The Balaban J connectivity index is 2.57. The molecule has 3 N–H and O–H groups in total. The summed E-state index contributed by atoms with van der Waals surface area (Å²) in [6, 6.07) is 11.9. The van der Waals surface area contributed by atoms with Crippen LogP contribution in [0.25, 0.3) is 10.8 Å². The van der Waals surface area contributed by atoms with Gasteiger partial charge in [-0.3, -0.25) is 0 Å². The molecule has 2 aromatic rings. The van der Waals surface area contributed by atoms with Crippen LogP contribution in [0, 0.1) is 0 Å². The van der Waals surface area contributed by atoms with Gasteiger partial charge in [0, 0.05) is 17.0 Å². The van der Waals surface area contributed by atoms with E-state index in [1.165, 1.54) is 0 Å². The second-order valence-electron chi connectivity index (χ2n) is 4.07. The van der Waals surface area contributed by atoms with Gasteiger partial charge in [-0.05, 0) is 12.3 Å². The molecule has 0 aliphatic rings. The summed E-state index contributed by atoms with van der Waals surface area (Å²) in [6.45, 7) is 2.21. The fourth-order valence-electron chi connectivity index (χ4n) is 1.93. The molecule has 3 nitrogen and oxygen atoms in total. The van der Waals surface area contributed by atoms with Crippen LogP contribution in [0.1, 0.15) is 18.5 Å². The Morgan fingerprint density at radius 3 is 2.71 bits per heavy atom. The molecule has 0 saturated heterocycles.